The summed E-state index contributed by atoms with van der Waals surface area (Å²) in [5.74, 6) is 0.708. The van der Waals surface area contributed by atoms with Crippen LogP contribution in [0.3, 0.4) is 0 Å². The largest absolute Gasteiger partial charge is 0.368 e. The van der Waals surface area contributed by atoms with Crippen molar-refractivity contribution in [2.45, 2.75) is 32.4 Å². The predicted molar refractivity (Wildman–Crippen MR) is 55.8 cm³/mol. The highest BCUT2D eigenvalue weighted by molar-refractivity contribution is 8.13. The van der Waals surface area contributed by atoms with E-state index in [9.17, 15) is 4.79 Å². The van der Waals surface area contributed by atoms with Gasteiger partial charge in [0.2, 0.25) is 5.91 Å². The maximum absolute atomic E-state index is 10.7. The Labute approximate surface area is 82.4 Å². The second-order valence-electron chi connectivity index (χ2n) is 3.19. The number of nitrogens with two attached hydrogens (primary N) is 1. The summed E-state index contributed by atoms with van der Waals surface area (Å²) < 4.78 is 0. The van der Waals surface area contributed by atoms with Gasteiger partial charge in [0, 0.05) is 5.75 Å². The van der Waals surface area contributed by atoms with E-state index in [1.54, 1.807) is 18.7 Å². The molecule has 0 aromatic heterocycles. The summed E-state index contributed by atoms with van der Waals surface area (Å²) in [5.41, 5.74) is 5.12. The predicted octanol–water partition coefficient (Wildman–Crippen LogP) is 0.331. The van der Waals surface area contributed by atoms with Crippen LogP contribution in [0.15, 0.2) is 4.99 Å². The number of hydrogen-bond acceptors (Lipinski definition) is 4. The quantitative estimate of drug-likeness (QED) is 0.676. The topological polar surface area (TPSA) is 67.5 Å². The Morgan fingerprint density at radius 1 is 1.85 bits per heavy atom. The lowest BCUT2D eigenvalue weighted by molar-refractivity contribution is -0.119. The van der Waals surface area contributed by atoms with Gasteiger partial charge in [0.05, 0.1) is 6.04 Å². The molecule has 13 heavy (non-hydrogen) atoms. The van der Waals surface area contributed by atoms with Gasteiger partial charge < -0.3 is 11.1 Å². The monoisotopic (exact) mass is 201 g/mol. The van der Waals surface area contributed by atoms with Crippen LogP contribution in [0.4, 0.5) is 0 Å². The average Bonchev–Trinajstić information content (AvgIpc) is 2.04. The number of aliphatic imine (C=N–C) groups is 1. The Hall–Kier alpha value is -0.710. The van der Waals surface area contributed by atoms with Crippen molar-refractivity contribution in [1.29, 1.82) is 0 Å². The van der Waals surface area contributed by atoms with E-state index in [2.05, 4.69) is 17.2 Å². The Morgan fingerprint density at radius 3 is 3.08 bits per heavy atom. The third kappa shape index (κ3) is 3.26. The van der Waals surface area contributed by atoms with Crippen molar-refractivity contribution >= 4 is 22.8 Å². The number of thioether (sulfide) groups is 1. The standard InChI is InChI=1S/C8H15N3OS/c1-5-3-4-13-8(10-5)11-6(2)7(9)12/h5-6H,3-4H2,1-2H3,(H2,9,12)(H,10,11). The van der Waals surface area contributed by atoms with E-state index in [4.69, 9.17) is 5.73 Å². The maximum atomic E-state index is 10.7. The Bertz CT molecular complexity index is 229. The molecular formula is C8H15N3OS. The van der Waals surface area contributed by atoms with Crippen molar-refractivity contribution in [2.75, 3.05) is 5.75 Å². The Kier molecular flexibility index (Phi) is 3.59. The van der Waals surface area contributed by atoms with E-state index in [0.717, 1.165) is 17.3 Å². The lowest BCUT2D eigenvalue weighted by Crippen LogP contribution is -2.42. The first-order valence-corrected chi connectivity index (χ1v) is 5.34. The molecule has 3 N–H and O–H groups in total. The lowest BCUT2D eigenvalue weighted by atomic mass is 10.3. The molecule has 0 aromatic rings. The van der Waals surface area contributed by atoms with Crippen LogP contribution in [0.2, 0.25) is 0 Å². The molecule has 1 amide bonds. The van der Waals surface area contributed by atoms with Crippen molar-refractivity contribution in [3.05, 3.63) is 0 Å². The molecule has 0 bridgehead atoms. The summed E-state index contributed by atoms with van der Waals surface area (Å²) in [4.78, 5) is 15.1. The summed E-state index contributed by atoms with van der Waals surface area (Å²) in [6.07, 6.45) is 1.10. The van der Waals surface area contributed by atoms with E-state index in [1.807, 2.05) is 0 Å². The zero-order chi connectivity index (χ0) is 9.84. The number of amides is 1. The van der Waals surface area contributed by atoms with E-state index in [0.29, 0.717) is 6.04 Å². The molecule has 1 heterocycles. The number of nitrogens with zero attached hydrogens (tertiary/aromatic N) is 1. The van der Waals surface area contributed by atoms with Gasteiger partial charge in [-0.05, 0) is 20.3 Å². The zero-order valence-corrected chi connectivity index (χ0v) is 8.73. The second kappa shape index (κ2) is 4.50. The molecule has 0 saturated carbocycles. The first-order valence-electron chi connectivity index (χ1n) is 4.36. The molecule has 1 rings (SSSR count). The van der Waals surface area contributed by atoms with Gasteiger partial charge >= 0.3 is 0 Å². The number of nitrogens with one attached hydrogen (secondary N) is 1. The molecule has 0 saturated heterocycles. The van der Waals surface area contributed by atoms with E-state index >= 15 is 0 Å². The van der Waals surface area contributed by atoms with Crippen LogP contribution < -0.4 is 11.1 Å². The molecule has 1 aliphatic rings. The van der Waals surface area contributed by atoms with Crippen LogP contribution in [0.25, 0.3) is 0 Å². The summed E-state index contributed by atoms with van der Waals surface area (Å²) in [6.45, 7) is 3.81. The molecular weight excluding hydrogens is 186 g/mol. The van der Waals surface area contributed by atoms with Crippen LogP contribution >= 0.6 is 11.8 Å². The fourth-order valence-corrected chi connectivity index (χ4v) is 2.13. The average molecular weight is 201 g/mol. The maximum Gasteiger partial charge on any atom is 0.239 e. The minimum atomic E-state index is -0.346. The molecule has 2 atom stereocenters. The van der Waals surface area contributed by atoms with Crippen LogP contribution in [0.5, 0.6) is 0 Å². The van der Waals surface area contributed by atoms with Gasteiger partial charge in [0.25, 0.3) is 0 Å². The molecule has 2 unspecified atom stereocenters. The zero-order valence-electron chi connectivity index (χ0n) is 7.91. The van der Waals surface area contributed by atoms with Gasteiger partial charge in [0.1, 0.15) is 6.04 Å². The first-order chi connectivity index (χ1) is 6.09. The first kappa shape index (κ1) is 10.4. The number of rotatable bonds is 2. The third-order valence-corrected chi connectivity index (χ3v) is 2.82. The van der Waals surface area contributed by atoms with Gasteiger partial charge in [-0.3, -0.25) is 9.79 Å². The smallest absolute Gasteiger partial charge is 0.239 e. The van der Waals surface area contributed by atoms with Crippen LogP contribution in [-0.4, -0.2) is 28.9 Å². The molecule has 0 radical (unpaired) electrons. The fourth-order valence-electron chi connectivity index (χ4n) is 0.963. The highest BCUT2D eigenvalue weighted by Gasteiger charge is 2.15. The number of primary amides is 1. The molecule has 74 valence electrons. The number of amidine groups is 1. The molecule has 4 nitrogen and oxygen atoms in total. The number of carbonyl (C=O) groups excluding carboxylic acids is 1. The second-order valence-corrected chi connectivity index (χ2v) is 4.27. The molecule has 0 aliphatic carbocycles. The summed E-state index contributed by atoms with van der Waals surface area (Å²) in [6, 6.07) is 0.0142. The van der Waals surface area contributed by atoms with Gasteiger partial charge in [0.15, 0.2) is 5.17 Å². The van der Waals surface area contributed by atoms with E-state index in [-0.39, 0.29) is 11.9 Å². The lowest BCUT2D eigenvalue weighted by Gasteiger charge is -2.19. The summed E-state index contributed by atoms with van der Waals surface area (Å²) in [5, 5.41) is 3.83. The van der Waals surface area contributed by atoms with Crippen molar-refractivity contribution in [1.82, 2.24) is 5.32 Å². The number of carbonyl (C=O) groups is 1. The minimum absolute atomic E-state index is 0.337. The Morgan fingerprint density at radius 2 is 2.54 bits per heavy atom. The van der Waals surface area contributed by atoms with Gasteiger partial charge in [-0.15, -0.1) is 0 Å². The summed E-state index contributed by atoms with van der Waals surface area (Å²) >= 11 is 1.64. The highest BCUT2D eigenvalue weighted by Crippen LogP contribution is 2.15. The van der Waals surface area contributed by atoms with Gasteiger partial charge in [-0.1, -0.05) is 11.8 Å². The molecule has 0 spiro atoms. The molecule has 1 aliphatic heterocycles. The fraction of sp³-hybridized carbons (Fsp3) is 0.750. The number of hydrogen-bond donors (Lipinski definition) is 2. The van der Waals surface area contributed by atoms with Gasteiger partial charge in [-0.25, -0.2) is 0 Å². The van der Waals surface area contributed by atoms with E-state index < -0.39 is 0 Å². The molecule has 5 heteroatoms. The van der Waals surface area contributed by atoms with Gasteiger partial charge in [-0.2, -0.15) is 0 Å². The van der Waals surface area contributed by atoms with Crippen molar-refractivity contribution in [2.24, 2.45) is 10.7 Å². The molecule has 0 aromatic carbocycles. The normalized spacial score (nSPS) is 24.8. The Balaban J connectivity index is 2.48. The SMILES string of the molecule is CC1CCSC(NC(C)C(N)=O)=N1. The van der Waals surface area contributed by atoms with Crippen molar-refractivity contribution in [3.8, 4) is 0 Å². The summed E-state index contributed by atoms with van der Waals surface area (Å²) in [7, 11) is 0. The van der Waals surface area contributed by atoms with Crippen molar-refractivity contribution in [3.63, 3.8) is 0 Å². The van der Waals surface area contributed by atoms with Crippen molar-refractivity contribution < 1.29 is 4.79 Å². The minimum Gasteiger partial charge on any atom is -0.368 e. The van der Waals surface area contributed by atoms with Crippen LogP contribution in [0.1, 0.15) is 20.3 Å². The third-order valence-electron chi connectivity index (χ3n) is 1.88. The van der Waals surface area contributed by atoms with Crippen LogP contribution in [0, 0.1) is 0 Å². The van der Waals surface area contributed by atoms with Crippen LogP contribution in [-0.2, 0) is 4.79 Å². The molecule has 0 fully saturated rings. The van der Waals surface area contributed by atoms with E-state index in [1.165, 1.54) is 0 Å². The highest BCUT2D eigenvalue weighted by atomic mass is 32.2.